The second-order valence-corrected chi connectivity index (χ2v) is 6.92. The first-order valence-electron chi connectivity index (χ1n) is 9.12. The quantitative estimate of drug-likeness (QED) is 0.750. The number of carbonyl (C=O) groups is 1. The van der Waals surface area contributed by atoms with Crippen LogP contribution in [0.2, 0.25) is 0 Å². The highest BCUT2D eigenvalue weighted by Gasteiger charge is 2.17. The number of rotatable bonds is 8. The number of ether oxygens (including phenoxy) is 3. The zero-order valence-electron chi connectivity index (χ0n) is 17.0. The van der Waals surface area contributed by atoms with Crippen molar-refractivity contribution in [3.05, 3.63) is 53.1 Å². The summed E-state index contributed by atoms with van der Waals surface area (Å²) in [7, 11) is 3.28. The van der Waals surface area contributed by atoms with Gasteiger partial charge in [-0.3, -0.25) is 4.79 Å². The van der Waals surface area contributed by atoms with Gasteiger partial charge in [0.25, 0.3) is 5.91 Å². The van der Waals surface area contributed by atoms with Gasteiger partial charge in [0, 0.05) is 5.56 Å². The van der Waals surface area contributed by atoms with E-state index in [1.807, 2.05) is 50.2 Å². The molecule has 1 N–H and O–H groups in total. The Labute approximate surface area is 161 Å². The maximum Gasteiger partial charge on any atom is 0.251 e. The minimum absolute atomic E-state index is 0.108. The van der Waals surface area contributed by atoms with Crippen molar-refractivity contribution in [3.8, 4) is 17.2 Å². The van der Waals surface area contributed by atoms with E-state index in [0.29, 0.717) is 12.2 Å². The summed E-state index contributed by atoms with van der Waals surface area (Å²) in [6.07, 6.45) is 0. The second-order valence-electron chi connectivity index (χ2n) is 6.92. The molecule has 27 heavy (non-hydrogen) atoms. The molecule has 2 aromatic carbocycles. The Morgan fingerprint density at radius 1 is 1.00 bits per heavy atom. The number of amides is 1. The van der Waals surface area contributed by atoms with E-state index >= 15 is 0 Å². The third kappa shape index (κ3) is 5.39. The van der Waals surface area contributed by atoms with Crippen LogP contribution in [0, 0.1) is 6.92 Å². The van der Waals surface area contributed by atoms with Gasteiger partial charge in [-0.25, -0.2) is 0 Å². The summed E-state index contributed by atoms with van der Waals surface area (Å²) >= 11 is 0. The summed E-state index contributed by atoms with van der Waals surface area (Å²) in [5, 5.41) is 3.00. The lowest BCUT2D eigenvalue weighted by Crippen LogP contribution is -2.37. The van der Waals surface area contributed by atoms with Crippen LogP contribution in [-0.4, -0.2) is 32.8 Å². The average molecular weight is 371 g/mol. The van der Waals surface area contributed by atoms with Crippen LogP contribution in [0.25, 0.3) is 0 Å². The highest BCUT2D eigenvalue weighted by Crippen LogP contribution is 2.29. The molecule has 0 saturated heterocycles. The summed E-state index contributed by atoms with van der Waals surface area (Å²) in [4.78, 5) is 12.7. The van der Waals surface area contributed by atoms with Gasteiger partial charge in [0.1, 0.15) is 23.9 Å². The average Bonchev–Trinajstić information content (AvgIpc) is 2.66. The first-order chi connectivity index (χ1) is 12.8. The summed E-state index contributed by atoms with van der Waals surface area (Å²) < 4.78 is 16.3. The van der Waals surface area contributed by atoms with E-state index in [9.17, 15) is 4.79 Å². The monoisotopic (exact) mass is 371 g/mol. The maximum atomic E-state index is 12.7. The SMILES string of the molecule is COc1ccc(OCC(C)NC(=O)c2cc(C(C)C)c(OC)cc2C)cc1. The topological polar surface area (TPSA) is 56.8 Å². The smallest absolute Gasteiger partial charge is 0.251 e. The van der Waals surface area contributed by atoms with Crippen LogP contribution >= 0.6 is 0 Å². The number of benzene rings is 2. The summed E-state index contributed by atoms with van der Waals surface area (Å²) in [6.45, 7) is 8.38. The molecule has 0 aliphatic heterocycles. The van der Waals surface area contributed by atoms with Gasteiger partial charge in [-0.2, -0.15) is 0 Å². The number of carbonyl (C=O) groups excluding carboxylic acids is 1. The standard InChI is InChI=1S/C22H29NO4/c1-14(2)19-12-20(15(3)11-21(19)26-6)22(24)23-16(4)13-27-18-9-7-17(25-5)8-10-18/h7-12,14,16H,13H2,1-6H3,(H,23,24). The fourth-order valence-corrected chi connectivity index (χ4v) is 2.81. The van der Waals surface area contributed by atoms with Crippen LogP contribution in [-0.2, 0) is 0 Å². The Morgan fingerprint density at radius 3 is 2.19 bits per heavy atom. The Morgan fingerprint density at radius 2 is 1.63 bits per heavy atom. The minimum atomic E-state index is -0.136. The maximum absolute atomic E-state index is 12.7. The Bertz CT molecular complexity index is 769. The van der Waals surface area contributed by atoms with Crippen LogP contribution in [0.1, 0.15) is 48.2 Å². The molecule has 2 aromatic rings. The van der Waals surface area contributed by atoms with E-state index in [4.69, 9.17) is 14.2 Å². The molecule has 0 aliphatic carbocycles. The summed E-state index contributed by atoms with van der Waals surface area (Å²) in [5.74, 6) is 2.49. The zero-order valence-corrected chi connectivity index (χ0v) is 17.0. The fourth-order valence-electron chi connectivity index (χ4n) is 2.81. The number of nitrogens with one attached hydrogen (secondary N) is 1. The highest BCUT2D eigenvalue weighted by atomic mass is 16.5. The van der Waals surface area contributed by atoms with Gasteiger partial charge in [-0.05, 0) is 67.3 Å². The molecule has 0 aliphatic rings. The predicted molar refractivity (Wildman–Crippen MR) is 107 cm³/mol. The van der Waals surface area contributed by atoms with Crippen molar-refractivity contribution in [1.29, 1.82) is 0 Å². The first-order valence-corrected chi connectivity index (χ1v) is 9.12. The lowest BCUT2D eigenvalue weighted by Gasteiger charge is -2.18. The number of hydrogen-bond acceptors (Lipinski definition) is 4. The molecule has 1 atom stereocenters. The molecule has 0 aromatic heterocycles. The second kappa shape index (κ2) is 9.31. The van der Waals surface area contributed by atoms with Gasteiger partial charge < -0.3 is 19.5 Å². The van der Waals surface area contributed by atoms with Crippen molar-refractivity contribution in [2.75, 3.05) is 20.8 Å². The van der Waals surface area contributed by atoms with Crippen molar-refractivity contribution in [1.82, 2.24) is 5.32 Å². The lowest BCUT2D eigenvalue weighted by atomic mass is 9.96. The third-order valence-corrected chi connectivity index (χ3v) is 4.38. The third-order valence-electron chi connectivity index (χ3n) is 4.38. The van der Waals surface area contributed by atoms with Crippen LogP contribution < -0.4 is 19.5 Å². The molecule has 0 bridgehead atoms. The molecule has 0 fully saturated rings. The lowest BCUT2D eigenvalue weighted by molar-refractivity contribution is 0.0926. The van der Waals surface area contributed by atoms with Crippen LogP contribution in [0.3, 0.4) is 0 Å². The van der Waals surface area contributed by atoms with Gasteiger partial charge in [0.15, 0.2) is 0 Å². The molecule has 0 saturated carbocycles. The van der Waals surface area contributed by atoms with E-state index in [0.717, 1.165) is 28.4 Å². The van der Waals surface area contributed by atoms with Crippen molar-refractivity contribution in [2.24, 2.45) is 0 Å². The van der Waals surface area contributed by atoms with Crippen molar-refractivity contribution >= 4 is 5.91 Å². The van der Waals surface area contributed by atoms with Crippen LogP contribution in [0.15, 0.2) is 36.4 Å². The number of aryl methyl sites for hydroxylation is 1. The largest absolute Gasteiger partial charge is 0.497 e. The molecule has 5 heteroatoms. The molecule has 1 unspecified atom stereocenters. The highest BCUT2D eigenvalue weighted by molar-refractivity contribution is 5.96. The van der Waals surface area contributed by atoms with Crippen LogP contribution in [0.5, 0.6) is 17.2 Å². The Hall–Kier alpha value is -2.69. The van der Waals surface area contributed by atoms with E-state index < -0.39 is 0 Å². The van der Waals surface area contributed by atoms with Crippen molar-refractivity contribution in [3.63, 3.8) is 0 Å². The van der Waals surface area contributed by atoms with Crippen LogP contribution in [0.4, 0.5) is 0 Å². The molecule has 0 radical (unpaired) electrons. The predicted octanol–water partition coefficient (Wildman–Crippen LogP) is 4.33. The number of hydrogen-bond donors (Lipinski definition) is 1. The van der Waals surface area contributed by atoms with Gasteiger partial charge in [-0.15, -0.1) is 0 Å². The molecule has 0 heterocycles. The van der Waals surface area contributed by atoms with Gasteiger partial charge in [-0.1, -0.05) is 13.8 Å². The zero-order chi connectivity index (χ0) is 20.0. The molecule has 1 amide bonds. The summed E-state index contributed by atoms with van der Waals surface area (Å²) in [6, 6.07) is 11.1. The van der Waals surface area contributed by atoms with E-state index in [1.54, 1.807) is 14.2 Å². The minimum Gasteiger partial charge on any atom is -0.497 e. The van der Waals surface area contributed by atoms with Gasteiger partial charge in [0.05, 0.1) is 20.3 Å². The van der Waals surface area contributed by atoms with E-state index in [-0.39, 0.29) is 17.9 Å². The molecule has 2 rings (SSSR count). The van der Waals surface area contributed by atoms with Crippen molar-refractivity contribution in [2.45, 2.75) is 39.7 Å². The Balaban J connectivity index is 2.01. The molecule has 5 nitrogen and oxygen atoms in total. The molecular formula is C22H29NO4. The molecular weight excluding hydrogens is 342 g/mol. The molecule has 146 valence electrons. The fraction of sp³-hybridized carbons (Fsp3) is 0.409. The summed E-state index contributed by atoms with van der Waals surface area (Å²) in [5.41, 5.74) is 2.57. The normalized spacial score (nSPS) is 11.8. The Kier molecular flexibility index (Phi) is 7.11. The van der Waals surface area contributed by atoms with E-state index in [2.05, 4.69) is 19.2 Å². The number of methoxy groups -OCH3 is 2. The van der Waals surface area contributed by atoms with Crippen molar-refractivity contribution < 1.29 is 19.0 Å². The first kappa shape index (κ1) is 20.6. The van der Waals surface area contributed by atoms with Gasteiger partial charge in [0.2, 0.25) is 0 Å². The molecule has 0 spiro atoms. The van der Waals surface area contributed by atoms with Gasteiger partial charge >= 0.3 is 0 Å². The van der Waals surface area contributed by atoms with E-state index in [1.165, 1.54) is 0 Å².